The van der Waals surface area contributed by atoms with Gasteiger partial charge in [-0.1, -0.05) is 11.3 Å². The molecule has 1 aromatic heterocycles. The van der Waals surface area contributed by atoms with Crippen LogP contribution in [0.3, 0.4) is 0 Å². The number of carbonyl (C=O) groups is 2. The Labute approximate surface area is 139 Å². The van der Waals surface area contributed by atoms with Crippen LogP contribution in [0.25, 0.3) is 0 Å². The number of aromatic nitrogens is 1. The average molecular weight is 337 g/mol. The van der Waals surface area contributed by atoms with E-state index in [0.29, 0.717) is 13.1 Å². The van der Waals surface area contributed by atoms with Crippen molar-refractivity contribution in [3.05, 3.63) is 20.2 Å². The number of carbonyl (C=O) groups excluding carboxylic acids is 2. The third-order valence-electron chi connectivity index (χ3n) is 4.98. The van der Waals surface area contributed by atoms with Crippen LogP contribution in [0.2, 0.25) is 0 Å². The zero-order valence-electron chi connectivity index (χ0n) is 13.7. The summed E-state index contributed by atoms with van der Waals surface area (Å²) in [7, 11) is 0. The first-order valence-electron chi connectivity index (χ1n) is 8.20. The van der Waals surface area contributed by atoms with Crippen molar-refractivity contribution >= 4 is 23.2 Å². The Balaban J connectivity index is 1.61. The topological polar surface area (TPSA) is 62.6 Å². The van der Waals surface area contributed by atoms with Crippen LogP contribution in [0.4, 0.5) is 0 Å². The smallest absolute Gasteiger partial charge is 0.308 e. The molecule has 3 heterocycles. The zero-order valence-corrected chi connectivity index (χ0v) is 14.5. The molecule has 0 N–H and O–H groups in total. The Morgan fingerprint density at radius 3 is 2.43 bits per heavy atom. The zero-order chi connectivity index (χ0) is 16.6. The molecule has 7 heteroatoms. The van der Waals surface area contributed by atoms with E-state index in [1.54, 1.807) is 4.90 Å². The predicted molar refractivity (Wildman–Crippen MR) is 88.6 cm³/mol. The van der Waals surface area contributed by atoms with Gasteiger partial charge in [0.1, 0.15) is 6.54 Å². The Morgan fingerprint density at radius 2 is 1.83 bits per heavy atom. The quantitative estimate of drug-likeness (QED) is 0.826. The minimum atomic E-state index is -0.0859. The minimum absolute atomic E-state index is 0.0651. The van der Waals surface area contributed by atoms with Crippen LogP contribution in [-0.2, 0) is 16.1 Å². The Kier molecular flexibility index (Phi) is 4.57. The van der Waals surface area contributed by atoms with Crippen molar-refractivity contribution in [2.24, 2.45) is 5.92 Å². The first kappa shape index (κ1) is 16.2. The summed E-state index contributed by atoms with van der Waals surface area (Å²) in [6.45, 7) is 6.65. The maximum atomic E-state index is 12.5. The van der Waals surface area contributed by atoms with Gasteiger partial charge in [0, 0.05) is 36.8 Å². The van der Waals surface area contributed by atoms with Gasteiger partial charge in [0.25, 0.3) is 0 Å². The Bertz CT molecular complexity index is 673. The van der Waals surface area contributed by atoms with Crippen molar-refractivity contribution in [1.29, 1.82) is 0 Å². The molecule has 0 bridgehead atoms. The summed E-state index contributed by atoms with van der Waals surface area (Å²) in [5, 5.41) is 0. The molecule has 2 amide bonds. The van der Waals surface area contributed by atoms with Gasteiger partial charge in [-0.2, -0.15) is 0 Å². The fraction of sp³-hybridized carbons (Fsp3) is 0.688. The lowest BCUT2D eigenvalue weighted by atomic mass is 10.1. The van der Waals surface area contributed by atoms with Gasteiger partial charge >= 0.3 is 4.87 Å². The molecule has 2 aliphatic rings. The number of nitrogens with zero attached hydrogens (tertiary/aromatic N) is 3. The molecule has 2 fully saturated rings. The number of likely N-dealkylation sites (tertiary alicyclic amines) is 2. The van der Waals surface area contributed by atoms with Crippen LogP contribution < -0.4 is 4.87 Å². The second kappa shape index (κ2) is 6.47. The van der Waals surface area contributed by atoms with E-state index in [1.807, 2.05) is 18.7 Å². The third-order valence-corrected chi connectivity index (χ3v) is 5.97. The molecule has 2 aliphatic heterocycles. The van der Waals surface area contributed by atoms with Gasteiger partial charge in [-0.15, -0.1) is 0 Å². The van der Waals surface area contributed by atoms with Gasteiger partial charge in [-0.05, 0) is 33.1 Å². The highest BCUT2D eigenvalue weighted by Crippen LogP contribution is 2.22. The lowest BCUT2D eigenvalue weighted by Crippen LogP contribution is -2.38. The number of thiazole rings is 1. The SMILES string of the molecule is Cc1sc(=O)n(CC(=O)N2CCC(C(=O)N3CCCC3)C2)c1C. The maximum absolute atomic E-state index is 12.5. The predicted octanol–water partition coefficient (Wildman–Crippen LogP) is 0.998. The summed E-state index contributed by atoms with van der Waals surface area (Å²) < 4.78 is 1.54. The van der Waals surface area contributed by atoms with Crippen molar-refractivity contribution < 1.29 is 9.59 Å². The van der Waals surface area contributed by atoms with Crippen LogP contribution in [0.5, 0.6) is 0 Å². The van der Waals surface area contributed by atoms with E-state index in [4.69, 9.17) is 0 Å². The summed E-state index contributed by atoms with van der Waals surface area (Å²) in [5.74, 6) is 0.0568. The molecule has 2 saturated heterocycles. The van der Waals surface area contributed by atoms with Gasteiger partial charge in [0.2, 0.25) is 11.8 Å². The molecule has 0 aliphatic carbocycles. The maximum Gasteiger partial charge on any atom is 0.308 e. The van der Waals surface area contributed by atoms with E-state index in [1.165, 1.54) is 15.9 Å². The second-order valence-corrected chi connectivity index (χ2v) is 7.62. The highest BCUT2D eigenvalue weighted by atomic mass is 32.1. The van der Waals surface area contributed by atoms with Gasteiger partial charge < -0.3 is 9.80 Å². The molecule has 126 valence electrons. The summed E-state index contributed by atoms with van der Waals surface area (Å²) >= 11 is 1.18. The molecule has 1 atom stereocenters. The van der Waals surface area contributed by atoms with E-state index < -0.39 is 0 Å². The monoisotopic (exact) mass is 337 g/mol. The van der Waals surface area contributed by atoms with Crippen LogP contribution in [-0.4, -0.2) is 52.4 Å². The summed E-state index contributed by atoms with van der Waals surface area (Å²) in [6.07, 6.45) is 2.90. The molecule has 6 nitrogen and oxygen atoms in total. The summed E-state index contributed by atoms with van der Waals surface area (Å²) in [4.78, 5) is 41.3. The van der Waals surface area contributed by atoms with E-state index >= 15 is 0 Å². The van der Waals surface area contributed by atoms with E-state index in [0.717, 1.165) is 42.9 Å². The van der Waals surface area contributed by atoms with Crippen molar-refractivity contribution in [3.63, 3.8) is 0 Å². The standard InChI is InChI=1S/C16H23N3O3S/c1-11-12(2)23-16(22)19(11)10-14(20)18-8-5-13(9-18)15(21)17-6-3-4-7-17/h13H,3-10H2,1-2H3. The number of hydrogen-bond acceptors (Lipinski definition) is 4. The van der Waals surface area contributed by atoms with Gasteiger partial charge in [0.15, 0.2) is 0 Å². The molecule has 0 radical (unpaired) electrons. The number of rotatable bonds is 3. The molecule has 1 unspecified atom stereocenters. The normalized spacial score (nSPS) is 21.2. The molecule has 0 saturated carbocycles. The number of hydrogen-bond donors (Lipinski definition) is 0. The molecular formula is C16H23N3O3S. The van der Waals surface area contributed by atoms with Crippen molar-refractivity contribution in [1.82, 2.24) is 14.4 Å². The van der Waals surface area contributed by atoms with Gasteiger partial charge in [0.05, 0.1) is 5.92 Å². The Morgan fingerprint density at radius 1 is 1.13 bits per heavy atom. The molecule has 0 spiro atoms. The highest BCUT2D eigenvalue weighted by Gasteiger charge is 2.34. The van der Waals surface area contributed by atoms with Crippen LogP contribution >= 0.6 is 11.3 Å². The van der Waals surface area contributed by atoms with Crippen LogP contribution in [0.15, 0.2) is 4.79 Å². The van der Waals surface area contributed by atoms with E-state index in [9.17, 15) is 14.4 Å². The van der Waals surface area contributed by atoms with Crippen LogP contribution in [0.1, 0.15) is 29.8 Å². The molecule has 3 rings (SSSR count). The second-order valence-electron chi connectivity index (χ2n) is 6.45. The summed E-state index contributed by atoms with van der Waals surface area (Å²) in [5.41, 5.74) is 0.859. The lowest BCUT2D eigenvalue weighted by Gasteiger charge is -2.21. The lowest BCUT2D eigenvalue weighted by molar-refractivity contribution is -0.135. The molecule has 1 aromatic rings. The average Bonchev–Trinajstić information content (AvgIpc) is 3.24. The fourth-order valence-electron chi connectivity index (χ4n) is 3.39. The number of aryl methyl sites for hydroxylation is 1. The van der Waals surface area contributed by atoms with Crippen LogP contribution in [0, 0.1) is 19.8 Å². The minimum Gasteiger partial charge on any atom is -0.342 e. The molecule has 23 heavy (non-hydrogen) atoms. The van der Waals surface area contributed by atoms with Gasteiger partial charge in [-0.3, -0.25) is 19.0 Å². The molecule has 0 aromatic carbocycles. The van der Waals surface area contributed by atoms with Gasteiger partial charge in [-0.25, -0.2) is 0 Å². The summed E-state index contributed by atoms with van der Waals surface area (Å²) in [6, 6.07) is 0. The van der Waals surface area contributed by atoms with Crippen molar-refractivity contribution in [2.75, 3.05) is 26.2 Å². The molecular weight excluding hydrogens is 314 g/mol. The van der Waals surface area contributed by atoms with E-state index in [-0.39, 0.29) is 29.1 Å². The van der Waals surface area contributed by atoms with Crippen molar-refractivity contribution in [3.8, 4) is 0 Å². The van der Waals surface area contributed by atoms with Crippen molar-refractivity contribution in [2.45, 2.75) is 39.7 Å². The Hall–Kier alpha value is -1.63. The third kappa shape index (κ3) is 3.20. The first-order valence-corrected chi connectivity index (χ1v) is 9.02. The van der Waals surface area contributed by atoms with E-state index in [2.05, 4.69) is 0 Å². The largest absolute Gasteiger partial charge is 0.342 e. The number of amides is 2. The fourth-order valence-corrected chi connectivity index (χ4v) is 4.22. The highest BCUT2D eigenvalue weighted by molar-refractivity contribution is 7.09. The first-order chi connectivity index (χ1) is 11.0.